The summed E-state index contributed by atoms with van der Waals surface area (Å²) in [5.74, 6) is -2.67. The van der Waals surface area contributed by atoms with Crippen LogP contribution in [0.2, 0.25) is 0 Å². The van der Waals surface area contributed by atoms with Gasteiger partial charge in [0.25, 0.3) is 0 Å². The van der Waals surface area contributed by atoms with Gasteiger partial charge >= 0.3 is 5.97 Å². The molecular formula is C14H7F2NO3S. The molecule has 0 radical (unpaired) electrons. The lowest BCUT2D eigenvalue weighted by Crippen LogP contribution is -1.91. The number of hydrogen-bond acceptors (Lipinski definition) is 4. The molecule has 0 atom stereocenters. The van der Waals surface area contributed by atoms with Crippen molar-refractivity contribution in [3.63, 3.8) is 0 Å². The number of furan rings is 1. The third-order valence-corrected chi connectivity index (χ3v) is 3.66. The second-order valence-corrected chi connectivity index (χ2v) is 5.03. The number of halogens is 2. The maximum absolute atomic E-state index is 13.2. The van der Waals surface area contributed by atoms with Crippen LogP contribution < -0.4 is 0 Å². The number of aromatic nitrogens is 1. The Morgan fingerprint density at radius 1 is 1.24 bits per heavy atom. The Morgan fingerprint density at radius 2 is 2.05 bits per heavy atom. The van der Waals surface area contributed by atoms with Crippen LogP contribution in [0.1, 0.15) is 10.4 Å². The first-order valence-corrected chi connectivity index (χ1v) is 6.65. The first-order valence-electron chi connectivity index (χ1n) is 5.78. The van der Waals surface area contributed by atoms with E-state index in [-0.39, 0.29) is 5.56 Å². The molecule has 21 heavy (non-hydrogen) atoms. The Hall–Kier alpha value is -2.54. The molecule has 2 aromatic heterocycles. The minimum Gasteiger partial charge on any atom is -0.478 e. The summed E-state index contributed by atoms with van der Waals surface area (Å²) in [5, 5.41) is 11.0. The molecule has 0 saturated carbocycles. The van der Waals surface area contributed by atoms with Gasteiger partial charge in [-0.1, -0.05) is 0 Å². The number of carboxylic acids is 1. The van der Waals surface area contributed by atoms with Crippen molar-refractivity contribution in [2.45, 2.75) is 0 Å². The number of thiazole rings is 1. The van der Waals surface area contributed by atoms with Gasteiger partial charge in [-0.2, -0.15) is 0 Å². The zero-order valence-corrected chi connectivity index (χ0v) is 11.2. The Morgan fingerprint density at radius 3 is 2.71 bits per heavy atom. The first kappa shape index (κ1) is 13.4. The van der Waals surface area contributed by atoms with E-state index in [9.17, 15) is 13.6 Å². The van der Waals surface area contributed by atoms with Gasteiger partial charge in [-0.15, -0.1) is 11.3 Å². The molecule has 3 aromatic rings. The van der Waals surface area contributed by atoms with Crippen LogP contribution in [0.5, 0.6) is 0 Å². The van der Waals surface area contributed by atoms with Gasteiger partial charge in [0.05, 0.1) is 5.56 Å². The minimum absolute atomic E-state index is 0.0207. The van der Waals surface area contributed by atoms with E-state index < -0.39 is 17.6 Å². The quantitative estimate of drug-likeness (QED) is 0.793. The highest BCUT2D eigenvalue weighted by Crippen LogP contribution is 2.30. The smallest absolute Gasteiger partial charge is 0.338 e. The van der Waals surface area contributed by atoms with Gasteiger partial charge in [0.2, 0.25) is 0 Å². The summed E-state index contributed by atoms with van der Waals surface area (Å²) in [5.41, 5.74) is 0.898. The zero-order chi connectivity index (χ0) is 15.0. The van der Waals surface area contributed by atoms with Crippen LogP contribution in [0.15, 0.2) is 40.3 Å². The summed E-state index contributed by atoms with van der Waals surface area (Å²) in [6.07, 6.45) is 1.12. The number of carboxylic acid groups (broad SMARTS) is 1. The summed E-state index contributed by atoms with van der Waals surface area (Å²) in [6, 6.07) is 4.86. The van der Waals surface area contributed by atoms with Crippen molar-refractivity contribution in [3.05, 3.63) is 53.1 Å². The molecule has 0 saturated heterocycles. The lowest BCUT2D eigenvalue weighted by atomic mass is 10.2. The second-order valence-electron chi connectivity index (χ2n) is 4.17. The number of hydrogen-bond donors (Lipinski definition) is 1. The van der Waals surface area contributed by atoms with Gasteiger partial charge in [-0.05, 0) is 18.2 Å². The molecule has 0 unspecified atom stereocenters. The standard InChI is InChI=1S/C14H7F2NO3S/c15-9-2-1-7(3-10(9)16)13-17-11(6-21-13)12-4-8(5-20-12)14(18)19/h1-6H,(H,18,19). The van der Waals surface area contributed by atoms with E-state index in [1.165, 1.54) is 23.5 Å². The van der Waals surface area contributed by atoms with E-state index in [0.717, 1.165) is 18.4 Å². The molecular weight excluding hydrogens is 300 g/mol. The highest BCUT2D eigenvalue weighted by molar-refractivity contribution is 7.13. The van der Waals surface area contributed by atoms with Crippen LogP contribution in [-0.2, 0) is 0 Å². The van der Waals surface area contributed by atoms with E-state index in [2.05, 4.69) is 4.98 Å². The van der Waals surface area contributed by atoms with Crippen LogP contribution in [-0.4, -0.2) is 16.1 Å². The normalized spacial score (nSPS) is 10.8. The number of rotatable bonds is 3. The summed E-state index contributed by atoms with van der Waals surface area (Å²) < 4.78 is 31.2. The zero-order valence-electron chi connectivity index (χ0n) is 10.3. The van der Waals surface area contributed by atoms with Crippen LogP contribution in [0.4, 0.5) is 8.78 Å². The summed E-state index contributed by atoms with van der Waals surface area (Å²) >= 11 is 1.22. The van der Waals surface area contributed by atoms with Crippen LogP contribution >= 0.6 is 11.3 Å². The predicted molar refractivity (Wildman–Crippen MR) is 72.1 cm³/mol. The molecule has 0 fully saturated rings. The number of aromatic carboxylic acids is 1. The van der Waals surface area contributed by atoms with Gasteiger partial charge in [-0.25, -0.2) is 18.6 Å². The van der Waals surface area contributed by atoms with E-state index >= 15 is 0 Å². The highest BCUT2D eigenvalue weighted by atomic mass is 32.1. The van der Waals surface area contributed by atoms with Crippen molar-refractivity contribution in [2.24, 2.45) is 0 Å². The van der Waals surface area contributed by atoms with Gasteiger partial charge in [0, 0.05) is 17.0 Å². The third kappa shape index (κ3) is 2.55. The summed E-state index contributed by atoms with van der Waals surface area (Å²) in [7, 11) is 0. The fourth-order valence-corrected chi connectivity index (χ4v) is 2.54. The maximum Gasteiger partial charge on any atom is 0.338 e. The average Bonchev–Trinajstić information content (AvgIpc) is 3.09. The molecule has 1 N–H and O–H groups in total. The van der Waals surface area contributed by atoms with Crippen LogP contribution in [0.25, 0.3) is 22.0 Å². The number of benzene rings is 1. The average molecular weight is 307 g/mol. The number of nitrogens with zero attached hydrogens (tertiary/aromatic N) is 1. The summed E-state index contributed by atoms with van der Waals surface area (Å²) in [4.78, 5) is 15.0. The van der Waals surface area contributed by atoms with Gasteiger partial charge in [0.15, 0.2) is 17.4 Å². The Labute approximate surface area is 121 Å². The molecule has 3 rings (SSSR count). The van der Waals surface area contributed by atoms with Crippen molar-refractivity contribution in [2.75, 3.05) is 0 Å². The minimum atomic E-state index is -1.10. The number of carbonyl (C=O) groups is 1. The van der Waals surface area contributed by atoms with E-state index in [0.29, 0.717) is 22.0 Å². The molecule has 0 bridgehead atoms. The van der Waals surface area contributed by atoms with E-state index in [4.69, 9.17) is 9.52 Å². The molecule has 0 aliphatic carbocycles. The predicted octanol–water partition coefficient (Wildman–Crippen LogP) is 4.05. The summed E-state index contributed by atoms with van der Waals surface area (Å²) in [6.45, 7) is 0. The second kappa shape index (κ2) is 5.10. The maximum atomic E-state index is 13.2. The molecule has 0 amide bonds. The molecule has 106 valence electrons. The molecule has 1 aromatic carbocycles. The fraction of sp³-hybridized carbons (Fsp3) is 0. The van der Waals surface area contributed by atoms with Crippen molar-refractivity contribution in [1.82, 2.24) is 4.98 Å². The molecule has 7 heteroatoms. The largest absolute Gasteiger partial charge is 0.478 e. The van der Waals surface area contributed by atoms with Crippen LogP contribution in [0, 0.1) is 11.6 Å². The first-order chi connectivity index (χ1) is 10.0. The van der Waals surface area contributed by atoms with Gasteiger partial charge in [-0.3, -0.25) is 0 Å². The van der Waals surface area contributed by atoms with Crippen molar-refractivity contribution in [1.29, 1.82) is 0 Å². The van der Waals surface area contributed by atoms with E-state index in [1.807, 2.05) is 0 Å². The monoisotopic (exact) mass is 307 g/mol. The van der Waals surface area contributed by atoms with Crippen molar-refractivity contribution >= 4 is 17.3 Å². The van der Waals surface area contributed by atoms with Gasteiger partial charge in [0.1, 0.15) is 17.0 Å². The molecule has 0 aliphatic rings. The Balaban J connectivity index is 1.95. The van der Waals surface area contributed by atoms with Gasteiger partial charge < -0.3 is 9.52 Å². The molecule has 2 heterocycles. The fourth-order valence-electron chi connectivity index (χ4n) is 1.73. The SMILES string of the molecule is O=C(O)c1coc(-c2csc(-c3ccc(F)c(F)c3)n2)c1. The highest BCUT2D eigenvalue weighted by Gasteiger charge is 2.14. The molecule has 0 aliphatic heterocycles. The van der Waals surface area contributed by atoms with Crippen LogP contribution in [0.3, 0.4) is 0 Å². The Bertz CT molecular complexity index is 825. The molecule has 0 spiro atoms. The van der Waals surface area contributed by atoms with E-state index in [1.54, 1.807) is 5.38 Å². The Kier molecular flexibility index (Phi) is 3.26. The topological polar surface area (TPSA) is 63.3 Å². The lowest BCUT2D eigenvalue weighted by Gasteiger charge is -1.97. The molecule has 4 nitrogen and oxygen atoms in total. The van der Waals surface area contributed by atoms with Crippen molar-refractivity contribution < 1.29 is 23.1 Å². The third-order valence-electron chi connectivity index (χ3n) is 2.77. The van der Waals surface area contributed by atoms with Crippen molar-refractivity contribution in [3.8, 4) is 22.0 Å². The lowest BCUT2D eigenvalue weighted by molar-refractivity contribution is 0.0696.